The molecular weight excluding hydrogens is 323 g/mol. The number of hydrogen-bond donors (Lipinski definition) is 1. The molecule has 3 nitrogen and oxygen atoms in total. The van der Waals surface area contributed by atoms with Crippen LogP contribution in [-0.2, 0) is 4.79 Å². The van der Waals surface area contributed by atoms with E-state index in [2.05, 4.69) is 5.32 Å². The first kappa shape index (κ1) is 15.5. The summed E-state index contributed by atoms with van der Waals surface area (Å²) in [6, 6.07) is 7.24. The van der Waals surface area contributed by atoms with Crippen LogP contribution in [0.25, 0.3) is 0 Å². The molecule has 0 saturated carbocycles. The molecule has 0 atom stereocenters. The van der Waals surface area contributed by atoms with E-state index in [1.54, 1.807) is 6.07 Å². The smallest absolute Gasteiger partial charge is 0.262 e. The lowest BCUT2D eigenvalue weighted by atomic mass is 10.3. The number of ether oxygens (including phenoxy) is 1. The van der Waals surface area contributed by atoms with Gasteiger partial charge in [-0.3, -0.25) is 4.79 Å². The van der Waals surface area contributed by atoms with Gasteiger partial charge in [-0.1, -0.05) is 23.2 Å². The second-order valence-corrected chi connectivity index (χ2v) is 4.91. The third-order valence-corrected chi connectivity index (χ3v) is 2.93. The summed E-state index contributed by atoms with van der Waals surface area (Å²) in [5.74, 6) is -1.87. The molecular formula is C14H9Cl2F2NO2. The monoisotopic (exact) mass is 331 g/mol. The zero-order chi connectivity index (χ0) is 15.4. The third-order valence-electron chi connectivity index (χ3n) is 2.40. The van der Waals surface area contributed by atoms with Gasteiger partial charge in [-0.15, -0.1) is 0 Å². The Labute approximate surface area is 129 Å². The highest BCUT2D eigenvalue weighted by Crippen LogP contribution is 2.27. The maximum Gasteiger partial charge on any atom is 0.262 e. The third kappa shape index (κ3) is 4.58. The highest BCUT2D eigenvalue weighted by atomic mass is 35.5. The minimum atomic E-state index is -0.785. The molecule has 0 aliphatic carbocycles. The van der Waals surface area contributed by atoms with Gasteiger partial charge in [0.2, 0.25) is 0 Å². The largest absolute Gasteiger partial charge is 0.482 e. The van der Waals surface area contributed by atoms with Crippen LogP contribution in [-0.4, -0.2) is 12.5 Å². The molecule has 0 spiro atoms. The van der Waals surface area contributed by atoms with Crippen molar-refractivity contribution in [3.63, 3.8) is 0 Å². The molecule has 2 aromatic rings. The SMILES string of the molecule is O=C(COc1ccc(Cl)cc1Cl)Nc1cc(F)cc(F)c1. The van der Waals surface area contributed by atoms with Gasteiger partial charge in [0.1, 0.15) is 17.4 Å². The zero-order valence-electron chi connectivity index (χ0n) is 10.5. The average Bonchev–Trinajstić information content (AvgIpc) is 2.36. The van der Waals surface area contributed by atoms with Crippen molar-refractivity contribution in [2.45, 2.75) is 0 Å². The molecule has 7 heteroatoms. The number of amides is 1. The molecule has 1 N–H and O–H groups in total. The Balaban J connectivity index is 1.95. The minimum Gasteiger partial charge on any atom is -0.482 e. The van der Waals surface area contributed by atoms with Gasteiger partial charge in [-0.2, -0.15) is 0 Å². The molecule has 0 fully saturated rings. The summed E-state index contributed by atoms with van der Waals surface area (Å²) < 4.78 is 31.1. The molecule has 0 aromatic heterocycles. The first-order valence-corrected chi connectivity index (χ1v) is 6.53. The molecule has 1 amide bonds. The lowest BCUT2D eigenvalue weighted by Crippen LogP contribution is -2.20. The van der Waals surface area contributed by atoms with Crippen molar-refractivity contribution < 1.29 is 18.3 Å². The van der Waals surface area contributed by atoms with Gasteiger partial charge in [-0.25, -0.2) is 8.78 Å². The molecule has 0 bridgehead atoms. The summed E-state index contributed by atoms with van der Waals surface area (Å²) in [5, 5.41) is 3.01. The van der Waals surface area contributed by atoms with Gasteiger partial charge in [0.05, 0.1) is 5.02 Å². The van der Waals surface area contributed by atoms with Gasteiger partial charge in [0.15, 0.2) is 6.61 Å². The van der Waals surface area contributed by atoms with Crippen LogP contribution >= 0.6 is 23.2 Å². The Hall–Kier alpha value is -1.85. The van der Waals surface area contributed by atoms with Crippen molar-refractivity contribution in [1.29, 1.82) is 0 Å². The average molecular weight is 332 g/mol. The van der Waals surface area contributed by atoms with Crippen LogP contribution in [0.5, 0.6) is 5.75 Å². The van der Waals surface area contributed by atoms with Gasteiger partial charge < -0.3 is 10.1 Å². The minimum absolute atomic E-state index is 0.00306. The standard InChI is InChI=1S/C14H9Cl2F2NO2/c15-8-1-2-13(12(16)3-8)21-7-14(20)19-11-5-9(17)4-10(18)6-11/h1-6H,7H2,(H,19,20). The van der Waals surface area contributed by atoms with Crippen molar-refractivity contribution in [3.8, 4) is 5.75 Å². The summed E-state index contributed by atoms with van der Waals surface area (Å²) in [5.41, 5.74) is 0.00306. The molecule has 0 aliphatic rings. The van der Waals surface area contributed by atoms with Crippen LogP contribution in [0.4, 0.5) is 14.5 Å². The number of anilines is 1. The summed E-state index contributed by atoms with van der Waals surface area (Å²) >= 11 is 11.6. The predicted molar refractivity (Wildman–Crippen MR) is 76.9 cm³/mol. The van der Waals surface area contributed by atoms with E-state index in [9.17, 15) is 13.6 Å². The Bertz CT molecular complexity index is 660. The van der Waals surface area contributed by atoms with Gasteiger partial charge >= 0.3 is 0 Å². The highest BCUT2D eigenvalue weighted by Gasteiger charge is 2.08. The predicted octanol–water partition coefficient (Wildman–Crippen LogP) is 4.29. The van der Waals surface area contributed by atoms with E-state index in [4.69, 9.17) is 27.9 Å². The summed E-state index contributed by atoms with van der Waals surface area (Å²) in [6.07, 6.45) is 0. The van der Waals surface area contributed by atoms with E-state index in [0.717, 1.165) is 12.1 Å². The molecule has 2 aromatic carbocycles. The van der Waals surface area contributed by atoms with E-state index in [1.165, 1.54) is 12.1 Å². The van der Waals surface area contributed by atoms with Gasteiger partial charge in [-0.05, 0) is 30.3 Å². The van der Waals surface area contributed by atoms with E-state index < -0.39 is 17.5 Å². The van der Waals surface area contributed by atoms with Crippen LogP contribution in [0.1, 0.15) is 0 Å². The fraction of sp³-hybridized carbons (Fsp3) is 0.0714. The number of halogens is 4. The van der Waals surface area contributed by atoms with Crippen LogP contribution in [0.2, 0.25) is 10.0 Å². The Morgan fingerprint density at radius 2 is 1.76 bits per heavy atom. The molecule has 2 rings (SSSR count). The molecule has 0 heterocycles. The van der Waals surface area contributed by atoms with Crippen LogP contribution in [0.3, 0.4) is 0 Å². The molecule has 110 valence electrons. The second-order valence-electron chi connectivity index (χ2n) is 4.07. The highest BCUT2D eigenvalue weighted by molar-refractivity contribution is 6.35. The Kier molecular flexibility index (Phi) is 4.98. The number of rotatable bonds is 4. The molecule has 0 saturated heterocycles. The van der Waals surface area contributed by atoms with Crippen molar-refractivity contribution in [3.05, 3.63) is 58.1 Å². The van der Waals surface area contributed by atoms with Gasteiger partial charge in [0.25, 0.3) is 5.91 Å². The second kappa shape index (κ2) is 6.74. The number of carbonyl (C=O) groups excluding carboxylic acids is 1. The van der Waals surface area contributed by atoms with Crippen molar-refractivity contribution in [1.82, 2.24) is 0 Å². The van der Waals surface area contributed by atoms with E-state index >= 15 is 0 Å². The Morgan fingerprint density at radius 3 is 2.38 bits per heavy atom. The van der Waals surface area contributed by atoms with E-state index in [-0.39, 0.29) is 23.1 Å². The first-order valence-electron chi connectivity index (χ1n) is 5.78. The van der Waals surface area contributed by atoms with Gasteiger partial charge in [0, 0.05) is 16.8 Å². The molecule has 21 heavy (non-hydrogen) atoms. The summed E-state index contributed by atoms with van der Waals surface area (Å²) in [4.78, 5) is 11.6. The number of nitrogens with one attached hydrogen (secondary N) is 1. The number of hydrogen-bond acceptors (Lipinski definition) is 2. The maximum absolute atomic E-state index is 13.0. The molecule has 0 aliphatic heterocycles. The topological polar surface area (TPSA) is 38.3 Å². The van der Waals surface area contributed by atoms with Crippen LogP contribution < -0.4 is 10.1 Å². The van der Waals surface area contributed by atoms with Crippen LogP contribution in [0, 0.1) is 11.6 Å². The van der Waals surface area contributed by atoms with E-state index in [1.807, 2.05) is 0 Å². The first-order chi connectivity index (χ1) is 9.94. The van der Waals surface area contributed by atoms with Crippen LogP contribution in [0.15, 0.2) is 36.4 Å². The Morgan fingerprint density at radius 1 is 1.10 bits per heavy atom. The van der Waals surface area contributed by atoms with E-state index in [0.29, 0.717) is 11.1 Å². The fourth-order valence-corrected chi connectivity index (χ4v) is 2.02. The summed E-state index contributed by atoms with van der Waals surface area (Å²) in [6.45, 7) is -0.362. The normalized spacial score (nSPS) is 10.3. The number of carbonyl (C=O) groups is 1. The fourth-order valence-electron chi connectivity index (χ4n) is 1.56. The quantitative estimate of drug-likeness (QED) is 0.907. The lowest BCUT2D eigenvalue weighted by molar-refractivity contribution is -0.118. The maximum atomic E-state index is 13.0. The lowest BCUT2D eigenvalue weighted by Gasteiger charge is -2.09. The van der Waals surface area contributed by atoms with Crippen molar-refractivity contribution in [2.75, 3.05) is 11.9 Å². The number of benzene rings is 2. The summed E-state index contributed by atoms with van der Waals surface area (Å²) in [7, 11) is 0. The molecule has 0 unspecified atom stereocenters. The zero-order valence-corrected chi connectivity index (χ0v) is 12.0. The van der Waals surface area contributed by atoms with Crippen molar-refractivity contribution in [2.24, 2.45) is 0 Å². The van der Waals surface area contributed by atoms with Crippen molar-refractivity contribution >= 4 is 34.8 Å². The molecule has 0 radical (unpaired) electrons.